The van der Waals surface area contributed by atoms with Crippen LogP contribution in [-0.2, 0) is 14.3 Å². The van der Waals surface area contributed by atoms with E-state index in [1.807, 2.05) is 24.3 Å². The second kappa shape index (κ2) is 8.36. The largest absolute Gasteiger partial charge is 0.465 e. The molecular weight excluding hydrogens is 354 g/mol. The highest BCUT2D eigenvalue weighted by molar-refractivity contribution is 6.31. The number of rotatable bonds is 5. The van der Waals surface area contributed by atoms with E-state index in [1.165, 1.54) is 0 Å². The Balaban J connectivity index is 1.61. The molecule has 1 aliphatic heterocycles. The Morgan fingerprint density at radius 1 is 1.31 bits per heavy atom. The van der Waals surface area contributed by atoms with E-state index < -0.39 is 5.97 Å². The first-order chi connectivity index (χ1) is 12.6. The molecule has 6 nitrogen and oxygen atoms in total. The van der Waals surface area contributed by atoms with E-state index in [0.717, 1.165) is 42.5 Å². The summed E-state index contributed by atoms with van der Waals surface area (Å²) in [6.45, 7) is 3.52. The third-order valence-electron chi connectivity index (χ3n) is 4.60. The molecule has 0 bridgehead atoms. The van der Waals surface area contributed by atoms with Gasteiger partial charge in [-0.3, -0.25) is 14.6 Å². The molecule has 1 N–H and O–H groups in total. The summed E-state index contributed by atoms with van der Waals surface area (Å²) in [5, 5.41) is 4.37. The number of fused-ring (bicyclic) bond motifs is 1. The fraction of sp³-hybridized carbons (Fsp3) is 0.421. The smallest absolute Gasteiger partial charge is 0.325 e. The van der Waals surface area contributed by atoms with Crippen LogP contribution < -0.4 is 10.2 Å². The molecule has 1 amide bonds. The van der Waals surface area contributed by atoms with E-state index in [-0.39, 0.29) is 18.4 Å². The van der Waals surface area contributed by atoms with E-state index in [4.69, 9.17) is 16.3 Å². The number of amides is 1. The summed E-state index contributed by atoms with van der Waals surface area (Å²) in [4.78, 5) is 30.2. The molecule has 2 aromatic rings. The Labute approximate surface area is 157 Å². The summed E-state index contributed by atoms with van der Waals surface area (Å²) in [5.74, 6) is -0.573. The van der Waals surface area contributed by atoms with E-state index in [0.29, 0.717) is 11.6 Å². The first-order valence-electron chi connectivity index (χ1n) is 8.81. The maximum atomic E-state index is 12.2. The van der Waals surface area contributed by atoms with Gasteiger partial charge in [0.25, 0.3) is 0 Å². The first-order valence-corrected chi connectivity index (χ1v) is 9.19. The number of piperidine rings is 1. The number of carbonyl (C=O) groups excluding carboxylic acids is 2. The quantitative estimate of drug-likeness (QED) is 0.813. The highest BCUT2D eigenvalue weighted by atomic mass is 35.5. The predicted octanol–water partition coefficient (Wildman–Crippen LogP) is 2.78. The number of esters is 1. The van der Waals surface area contributed by atoms with Gasteiger partial charge in [0, 0.05) is 41.3 Å². The van der Waals surface area contributed by atoms with Gasteiger partial charge in [-0.15, -0.1) is 0 Å². The number of anilines is 1. The lowest BCUT2D eigenvalue weighted by Gasteiger charge is -2.33. The summed E-state index contributed by atoms with van der Waals surface area (Å²) in [6, 6.07) is 7.66. The maximum Gasteiger partial charge on any atom is 0.325 e. The van der Waals surface area contributed by atoms with E-state index >= 15 is 0 Å². The molecule has 26 heavy (non-hydrogen) atoms. The highest BCUT2D eigenvalue weighted by Gasteiger charge is 2.26. The summed E-state index contributed by atoms with van der Waals surface area (Å²) >= 11 is 6.14. The lowest BCUT2D eigenvalue weighted by molar-refractivity contribution is -0.143. The standard InChI is InChI=1S/C19H22ClN3O3/c1-2-26-18(24)12-22-19(25)13-6-9-23(10-7-13)17-5-8-21-16-4-3-14(20)11-15(16)17/h3-5,8,11,13H,2,6-7,9-10,12H2,1H3,(H,22,25). The number of pyridine rings is 1. The molecule has 1 aromatic carbocycles. The average molecular weight is 376 g/mol. The van der Waals surface area contributed by atoms with Gasteiger partial charge in [-0.25, -0.2) is 0 Å². The highest BCUT2D eigenvalue weighted by Crippen LogP contribution is 2.30. The predicted molar refractivity (Wildman–Crippen MR) is 101 cm³/mol. The van der Waals surface area contributed by atoms with Gasteiger partial charge >= 0.3 is 5.97 Å². The molecule has 0 saturated carbocycles. The molecule has 3 rings (SSSR count). The number of hydrogen-bond donors (Lipinski definition) is 1. The number of carbonyl (C=O) groups is 2. The Kier molecular flexibility index (Phi) is 5.93. The number of halogens is 1. The van der Waals surface area contributed by atoms with Gasteiger partial charge in [0.05, 0.1) is 12.1 Å². The van der Waals surface area contributed by atoms with Gasteiger partial charge in [0.15, 0.2) is 0 Å². The average Bonchev–Trinajstić information content (AvgIpc) is 2.66. The van der Waals surface area contributed by atoms with Crippen LogP contribution in [0.2, 0.25) is 5.02 Å². The summed E-state index contributed by atoms with van der Waals surface area (Å²) in [6.07, 6.45) is 3.27. The Bertz CT molecular complexity index is 804. The van der Waals surface area contributed by atoms with Crippen molar-refractivity contribution in [2.24, 2.45) is 5.92 Å². The number of nitrogens with zero attached hydrogens (tertiary/aromatic N) is 2. The van der Waals surface area contributed by atoms with Crippen LogP contribution in [0.1, 0.15) is 19.8 Å². The van der Waals surface area contributed by atoms with Crippen molar-refractivity contribution in [1.29, 1.82) is 0 Å². The number of hydrogen-bond acceptors (Lipinski definition) is 5. The van der Waals surface area contributed by atoms with Gasteiger partial charge in [-0.2, -0.15) is 0 Å². The lowest BCUT2D eigenvalue weighted by Crippen LogP contribution is -2.42. The minimum absolute atomic E-state index is 0.0691. The number of benzene rings is 1. The zero-order valence-corrected chi connectivity index (χ0v) is 15.5. The molecule has 1 saturated heterocycles. The summed E-state index contributed by atoms with van der Waals surface area (Å²) in [7, 11) is 0. The monoisotopic (exact) mass is 375 g/mol. The van der Waals surface area contributed by atoms with Crippen molar-refractivity contribution in [3.8, 4) is 0 Å². The van der Waals surface area contributed by atoms with Crippen LogP contribution in [-0.4, -0.2) is 43.1 Å². The lowest BCUT2D eigenvalue weighted by atomic mass is 9.95. The molecule has 0 radical (unpaired) electrons. The zero-order valence-electron chi connectivity index (χ0n) is 14.7. The second-order valence-corrected chi connectivity index (χ2v) is 6.71. The molecule has 1 aliphatic rings. The van der Waals surface area contributed by atoms with E-state index in [9.17, 15) is 9.59 Å². The van der Waals surface area contributed by atoms with Crippen molar-refractivity contribution in [1.82, 2.24) is 10.3 Å². The van der Waals surface area contributed by atoms with Crippen LogP contribution in [0, 0.1) is 5.92 Å². The Morgan fingerprint density at radius 3 is 2.81 bits per heavy atom. The third-order valence-corrected chi connectivity index (χ3v) is 4.83. The molecular formula is C19H22ClN3O3. The molecule has 0 aliphatic carbocycles. The van der Waals surface area contributed by atoms with Crippen LogP contribution in [0.25, 0.3) is 10.9 Å². The van der Waals surface area contributed by atoms with Crippen molar-refractivity contribution < 1.29 is 14.3 Å². The van der Waals surface area contributed by atoms with Crippen LogP contribution in [0.4, 0.5) is 5.69 Å². The second-order valence-electron chi connectivity index (χ2n) is 6.28. The zero-order chi connectivity index (χ0) is 18.5. The van der Waals surface area contributed by atoms with Crippen LogP contribution in [0.3, 0.4) is 0 Å². The van der Waals surface area contributed by atoms with Crippen molar-refractivity contribution in [2.75, 3.05) is 31.1 Å². The Morgan fingerprint density at radius 2 is 2.08 bits per heavy atom. The van der Waals surface area contributed by atoms with Crippen molar-refractivity contribution >= 4 is 40.1 Å². The van der Waals surface area contributed by atoms with E-state index in [1.54, 1.807) is 13.1 Å². The molecule has 0 atom stereocenters. The molecule has 0 spiro atoms. The maximum absolute atomic E-state index is 12.2. The molecule has 7 heteroatoms. The van der Waals surface area contributed by atoms with Crippen LogP contribution in [0.5, 0.6) is 0 Å². The summed E-state index contributed by atoms with van der Waals surface area (Å²) in [5.41, 5.74) is 1.99. The van der Waals surface area contributed by atoms with Gasteiger partial charge in [-0.05, 0) is 44.0 Å². The van der Waals surface area contributed by atoms with Gasteiger partial charge < -0.3 is 15.0 Å². The number of ether oxygens (including phenoxy) is 1. The normalized spacial score (nSPS) is 15.1. The van der Waals surface area contributed by atoms with Crippen LogP contribution >= 0.6 is 11.6 Å². The van der Waals surface area contributed by atoms with Gasteiger partial charge in [-0.1, -0.05) is 11.6 Å². The minimum atomic E-state index is -0.404. The van der Waals surface area contributed by atoms with Crippen LogP contribution in [0.15, 0.2) is 30.5 Å². The SMILES string of the molecule is CCOC(=O)CNC(=O)C1CCN(c2ccnc3ccc(Cl)cc23)CC1. The van der Waals surface area contributed by atoms with Crippen molar-refractivity contribution in [3.05, 3.63) is 35.5 Å². The third kappa shape index (κ3) is 4.25. The van der Waals surface area contributed by atoms with Crippen molar-refractivity contribution in [3.63, 3.8) is 0 Å². The molecule has 1 aromatic heterocycles. The Hall–Kier alpha value is -2.34. The van der Waals surface area contributed by atoms with Crippen molar-refractivity contribution in [2.45, 2.75) is 19.8 Å². The first kappa shape index (κ1) is 18.5. The fourth-order valence-electron chi connectivity index (χ4n) is 3.28. The molecule has 0 unspecified atom stereocenters. The van der Waals surface area contributed by atoms with E-state index in [2.05, 4.69) is 15.2 Å². The fourth-order valence-corrected chi connectivity index (χ4v) is 3.45. The summed E-state index contributed by atoms with van der Waals surface area (Å²) < 4.78 is 4.83. The number of nitrogens with one attached hydrogen (secondary N) is 1. The van der Waals surface area contributed by atoms with Gasteiger partial charge in [0.2, 0.25) is 5.91 Å². The molecule has 2 heterocycles. The topological polar surface area (TPSA) is 71.5 Å². The van der Waals surface area contributed by atoms with Gasteiger partial charge in [0.1, 0.15) is 6.54 Å². The number of aromatic nitrogens is 1. The molecule has 1 fully saturated rings. The minimum Gasteiger partial charge on any atom is -0.465 e. The molecule has 138 valence electrons.